The van der Waals surface area contributed by atoms with E-state index in [0.717, 1.165) is 12.1 Å². The number of benzene rings is 1. The van der Waals surface area contributed by atoms with E-state index < -0.39 is 27.8 Å². The van der Waals surface area contributed by atoms with Crippen molar-refractivity contribution in [3.8, 4) is 5.75 Å². The first-order chi connectivity index (χ1) is 9.39. The van der Waals surface area contributed by atoms with Crippen molar-refractivity contribution in [2.45, 2.75) is 12.8 Å². The molecule has 7 nitrogen and oxygen atoms in total. The number of nitro benzene ring substituents is 1. The van der Waals surface area contributed by atoms with Gasteiger partial charge in [-0.1, -0.05) is 0 Å². The fourth-order valence-electron chi connectivity index (χ4n) is 1.87. The molecule has 0 aliphatic heterocycles. The van der Waals surface area contributed by atoms with Crippen molar-refractivity contribution in [3.05, 3.63) is 28.1 Å². The highest BCUT2D eigenvalue weighted by atomic mass is 19.1. The largest absolute Gasteiger partial charge is 0.494 e. The van der Waals surface area contributed by atoms with Gasteiger partial charge in [0, 0.05) is 12.6 Å². The summed E-state index contributed by atoms with van der Waals surface area (Å²) in [6.45, 7) is 0.0535. The molecule has 0 amide bonds. The van der Waals surface area contributed by atoms with Crippen LogP contribution in [0.3, 0.4) is 0 Å². The molecular formula is C12H13FN2O5. The Balaban J connectivity index is 2.25. The van der Waals surface area contributed by atoms with Crippen LogP contribution in [0.15, 0.2) is 12.1 Å². The van der Waals surface area contributed by atoms with Crippen LogP contribution < -0.4 is 10.1 Å². The van der Waals surface area contributed by atoms with Crippen molar-refractivity contribution in [1.29, 1.82) is 0 Å². The predicted molar refractivity (Wildman–Crippen MR) is 67.4 cm³/mol. The number of methoxy groups -OCH3 is 1. The summed E-state index contributed by atoms with van der Waals surface area (Å²) < 4.78 is 18.2. The van der Waals surface area contributed by atoms with Gasteiger partial charge < -0.3 is 15.2 Å². The molecule has 1 fully saturated rings. The van der Waals surface area contributed by atoms with Crippen molar-refractivity contribution in [2.75, 3.05) is 19.0 Å². The van der Waals surface area contributed by atoms with Crippen molar-refractivity contribution < 1.29 is 24.0 Å². The third kappa shape index (κ3) is 2.49. The molecular weight excluding hydrogens is 271 g/mol. The predicted octanol–water partition coefficient (Wildman–Crippen LogP) is 2.02. The number of halogens is 1. The topological polar surface area (TPSA) is 102 Å². The van der Waals surface area contributed by atoms with E-state index in [9.17, 15) is 19.3 Å². The summed E-state index contributed by atoms with van der Waals surface area (Å²) >= 11 is 0. The maximum absolute atomic E-state index is 13.5. The number of ether oxygens (including phenoxy) is 1. The lowest BCUT2D eigenvalue weighted by molar-refractivity contribution is -0.384. The van der Waals surface area contributed by atoms with E-state index in [1.165, 1.54) is 7.11 Å². The molecule has 108 valence electrons. The van der Waals surface area contributed by atoms with E-state index in [2.05, 4.69) is 5.32 Å². The van der Waals surface area contributed by atoms with Gasteiger partial charge in [-0.05, 0) is 12.8 Å². The molecule has 1 aliphatic carbocycles. The zero-order valence-electron chi connectivity index (χ0n) is 10.7. The van der Waals surface area contributed by atoms with Gasteiger partial charge in [-0.15, -0.1) is 0 Å². The molecule has 20 heavy (non-hydrogen) atoms. The van der Waals surface area contributed by atoms with Crippen LogP contribution in [0.1, 0.15) is 12.8 Å². The van der Waals surface area contributed by atoms with E-state index >= 15 is 0 Å². The quantitative estimate of drug-likeness (QED) is 0.612. The zero-order chi connectivity index (χ0) is 14.9. The average Bonchev–Trinajstić information content (AvgIpc) is 3.18. The second kappa shape index (κ2) is 4.95. The number of carbonyl (C=O) groups is 1. The summed E-state index contributed by atoms with van der Waals surface area (Å²) in [5, 5.41) is 22.6. The molecule has 0 bridgehead atoms. The molecule has 0 heterocycles. The monoisotopic (exact) mass is 284 g/mol. The molecule has 0 atom stereocenters. The fourth-order valence-corrected chi connectivity index (χ4v) is 1.87. The lowest BCUT2D eigenvalue weighted by Gasteiger charge is -2.13. The third-order valence-corrected chi connectivity index (χ3v) is 3.39. The number of nitro groups is 1. The van der Waals surface area contributed by atoms with Crippen molar-refractivity contribution in [2.24, 2.45) is 5.41 Å². The minimum atomic E-state index is -0.943. The van der Waals surface area contributed by atoms with Crippen LogP contribution in [0, 0.1) is 21.3 Å². The van der Waals surface area contributed by atoms with E-state index in [0.29, 0.717) is 12.8 Å². The molecule has 0 saturated heterocycles. The second-order valence-electron chi connectivity index (χ2n) is 4.70. The Morgan fingerprint density at radius 1 is 1.60 bits per heavy atom. The van der Waals surface area contributed by atoms with E-state index in [4.69, 9.17) is 9.84 Å². The molecule has 1 saturated carbocycles. The molecule has 1 aromatic carbocycles. The Morgan fingerprint density at radius 2 is 2.25 bits per heavy atom. The molecule has 0 spiro atoms. The van der Waals surface area contributed by atoms with Crippen LogP contribution >= 0.6 is 0 Å². The van der Waals surface area contributed by atoms with Gasteiger partial charge in [-0.3, -0.25) is 14.9 Å². The van der Waals surface area contributed by atoms with Gasteiger partial charge in [-0.2, -0.15) is 0 Å². The van der Waals surface area contributed by atoms with Gasteiger partial charge >= 0.3 is 5.97 Å². The van der Waals surface area contributed by atoms with Crippen LogP contribution in [0.2, 0.25) is 0 Å². The van der Waals surface area contributed by atoms with Crippen LogP contribution in [0.25, 0.3) is 0 Å². The summed E-state index contributed by atoms with van der Waals surface area (Å²) in [6, 6.07) is 1.91. The highest BCUT2D eigenvalue weighted by Crippen LogP contribution is 2.46. The smallest absolute Gasteiger partial charge is 0.311 e. The summed E-state index contributed by atoms with van der Waals surface area (Å²) in [5.74, 6) is -1.93. The first-order valence-corrected chi connectivity index (χ1v) is 5.89. The Bertz CT molecular complexity index is 571. The maximum atomic E-state index is 13.5. The van der Waals surface area contributed by atoms with Crippen molar-refractivity contribution in [1.82, 2.24) is 0 Å². The number of nitrogens with one attached hydrogen (secondary N) is 1. The number of aliphatic carboxylic acids is 1. The minimum Gasteiger partial charge on any atom is -0.494 e. The first kappa shape index (κ1) is 14.0. The number of nitrogens with zero attached hydrogens (tertiary/aromatic N) is 1. The third-order valence-electron chi connectivity index (χ3n) is 3.39. The molecule has 2 N–H and O–H groups in total. The second-order valence-corrected chi connectivity index (χ2v) is 4.70. The van der Waals surface area contributed by atoms with Crippen LogP contribution in [-0.4, -0.2) is 29.7 Å². The average molecular weight is 284 g/mol. The highest BCUT2D eigenvalue weighted by Gasteiger charge is 2.50. The summed E-state index contributed by atoms with van der Waals surface area (Å²) in [4.78, 5) is 21.2. The number of rotatable bonds is 6. The van der Waals surface area contributed by atoms with E-state index in [1.54, 1.807) is 0 Å². The number of anilines is 1. The first-order valence-electron chi connectivity index (χ1n) is 5.89. The maximum Gasteiger partial charge on any atom is 0.311 e. The van der Waals surface area contributed by atoms with Gasteiger partial charge in [0.2, 0.25) is 0 Å². The molecule has 8 heteroatoms. The molecule has 2 rings (SSSR count). The van der Waals surface area contributed by atoms with E-state index in [1.807, 2.05) is 0 Å². The van der Waals surface area contributed by atoms with Crippen LogP contribution in [0.5, 0.6) is 5.75 Å². The number of carboxylic acids is 1. The van der Waals surface area contributed by atoms with Gasteiger partial charge in [0.15, 0.2) is 11.6 Å². The number of hydrogen-bond acceptors (Lipinski definition) is 5. The Labute approximate surface area is 113 Å². The Kier molecular flexibility index (Phi) is 3.47. The molecule has 0 radical (unpaired) electrons. The minimum absolute atomic E-state index is 0.0424. The van der Waals surface area contributed by atoms with Gasteiger partial charge in [-0.25, -0.2) is 4.39 Å². The fraction of sp³-hybridized carbons (Fsp3) is 0.417. The molecule has 1 aromatic rings. The normalized spacial score (nSPS) is 15.5. The zero-order valence-corrected chi connectivity index (χ0v) is 10.7. The molecule has 0 aromatic heterocycles. The Hall–Kier alpha value is -2.38. The lowest BCUT2D eigenvalue weighted by Crippen LogP contribution is -2.24. The summed E-state index contributed by atoms with van der Waals surface area (Å²) in [7, 11) is 1.24. The number of hydrogen-bond donors (Lipinski definition) is 2. The number of carboxylic acid groups (broad SMARTS) is 1. The van der Waals surface area contributed by atoms with Gasteiger partial charge in [0.1, 0.15) is 5.69 Å². The highest BCUT2D eigenvalue weighted by molar-refractivity contribution is 5.79. The van der Waals surface area contributed by atoms with Crippen molar-refractivity contribution >= 4 is 17.3 Å². The van der Waals surface area contributed by atoms with Crippen LogP contribution in [-0.2, 0) is 4.79 Å². The van der Waals surface area contributed by atoms with E-state index in [-0.39, 0.29) is 18.0 Å². The summed E-state index contributed by atoms with van der Waals surface area (Å²) in [6.07, 6.45) is 1.03. The molecule has 0 unspecified atom stereocenters. The van der Waals surface area contributed by atoms with Gasteiger partial charge in [0.25, 0.3) is 5.69 Å². The SMILES string of the molecule is COc1cc(NCC2(C(=O)O)CC2)c([N+](=O)[O-])cc1F. The molecule has 1 aliphatic rings. The lowest BCUT2D eigenvalue weighted by atomic mass is 10.1. The van der Waals surface area contributed by atoms with Crippen molar-refractivity contribution in [3.63, 3.8) is 0 Å². The Morgan fingerprint density at radius 3 is 2.70 bits per heavy atom. The van der Waals surface area contributed by atoms with Crippen LogP contribution in [0.4, 0.5) is 15.8 Å². The standard InChI is InChI=1S/C12H13FN2O5/c1-20-10-5-8(9(15(18)19)4-7(10)13)14-6-12(2-3-12)11(16)17/h4-5,14H,2-3,6H2,1H3,(H,16,17). The van der Waals surface area contributed by atoms with Gasteiger partial charge in [0.05, 0.1) is 23.5 Å². The summed E-state index contributed by atoms with van der Waals surface area (Å²) in [5.41, 5.74) is -1.29.